The molecule has 2 heterocycles. The monoisotopic (exact) mass is 392 g/mol. The summed E-state index contributed by atoms with van der Waals surface area (Å²) >= 11 is 0. The molecule has 0 bridgehead atoms. The van der Waals surface area contributed by atoms with Gasteiger partial charge in [-0.05, 0) is 48.4 Å². The molecule has 0 saturated carbocycles. The number of anilines is 1. The Bertz CT molecular complexity index is 916. The third kappa shape index (κ3) is 4.71. The van der Waals surface area contributed by atoms with Crippen LogP contribution in [0.3, 0.4) is 0 Å². The quantitative estimate of drug-likeness (QED) is 0.798. The van der Waals surface area contributed by atoms with Crippen molar-refractivity contribution in [1.29, 1.82) is 0 Å². The second-order valence-corrected chi connectivity index (χ2v) is 7.46. The molecule has 0 N–H and O–H groups in total. The zero-order valence-electron chi connectivity index (χ0n) is 16.6. The van der Waals surface area contributed by atoms with Crippen LogP contribution in [0.15, 0.2) is 65.3 Å². The van der Waals surface area contributed by atoms with Gasteiger partial charge in [-0.3, -0.25) is 9.69 Å². The Morgan fingerprint density at radius 2 is 1.69 bits per heavy atom. The topological polar surface area (TPSA) is 39.1 Å². The van der Waals surface area contributed by atoms with Gasteiger partial charge in [0.05, 0.1) is 18.8 Å². The van der Waals surface area contributed by atoms with Crippen molar-refractivity contribution >= 4 is 23.4 Å². The largest absolute Gasteiger partial charge is 0.369 e. The van der Waals surface area contributed by atoms with Crippen LogP contribution in [0.2, 0.25) is 0 Å². The van der Waals surface area contributed by atoms with Crippen molar-refractivity contribution in [2.45, 2.75) is 13.3 Å². The average Bonchev–Trinajstić information content (AvgIpc) is 2.74. The lowest BCUT2D eigenvalue weighted by molar-refractivity contribution is -0.133. The molecule has 1 amide bonds. The average molecular weight is 392 g/mol. The van der Waals surface area contributed by atoms with Crippen molar-refractivity contribution < 1.29 is 9.18 Å². The van der Waals surface area contributed by atoms with E-state index in [1.165, 1.54) is 12.1 Å². The van der Waals surface area contributed by atoms with Crippen LogP contribution < -0.4 is 4.90 Å². The van der Waals surface area contributed by atoms with Gasteiger partial charge in [0.1, 0.15) is 5.82 Å². The van der Waals surface area contributed by atoms with E-state index in [0.29, 0.717) is 13.1 Å². The maximum Gasteiger partial charge on any atom is 0.248 e. The van der Waals surface area contributed by atoms with Gasteiger partial charge in [-0.15, -0.1) is 0 Å². The molecule has 2 aromatic rings. The van der Waals surface area contributed by atoms with Crippen LogP contribution in [-0.2, 0) is 4.79 Å². The summed E-state index contributed by atoms with van der Waals surface area (Å²) in [5, 5.41) is 6.15. The summed E-state index contributed by atoms with van der Waals surface area (Å²) in [7, 11) is 0. The molecule has 2 aliphatic heterocycles. The third-order valence-electron chi connectivity index (χ3n) is 5.40. The number of halogens is 1. The van der Waals surface area contributed by atoms with E-state index in [1.54, 1.807) is 5.01 Å². The predicted molar refractivity (Wildman–Crippen MR) is 114 cm³/mol. The summed E-state index contributed by atoms with van der Waals surface area (Å²) in [5.74, 6) is -0.191. The summed E-state index contributed by atoms with van der Waals surface area (Å²) in [4.78, 5) is 17.1. The van der Waals surface area contributed by atoms with E-state index in [0.717, 1.165) is 48.7 Å². The molecular formula is C23H25FN4O. The highest BCUT2D eigenvalue weighted by atomic mass is 19.1. The Hall–Kier alpha value is -2.99. The summed E-state index contributed by atoms with van der Waals surface area (Å²) in [6, 6.07) is 16.6. The molecule has 1 fully saturated rings. The maximum absolute atomic E-state index is 13.1. The molecule has 5 nitrogen and oxygen atoms in total. The van der Waals surface area contributed by atoms with Gasteiger partial charge in [0.15, 0.2) is 0 Å². The normalized spacial score (nSPS) is 19.6. The van der Waals surface area contributed by atoms with Crippen LogP contribution in [0.1, 0.15) is 18.9 Å². The van der Waals surface area contributed by atoms with Crippen LogP contribution in [0.4, 0.5) is 10.1 Å². The Balaban J connectivity index is 1.36. The number of amides is 1. The molecule has 1 saturated heterocycles. The number of carbonyl (C=O) groups excluding carboxylic acids is 1. The fraction of sp³-hybridized carbons (Fsp3) is 0.304. The van der Waals surface area contributed by atoms with Gasteiger partial charge in [-0.1, -0.05) is 30.3 Å². The van der Waals surface area contributed by atoms with Crippen LogP contribution in [-0.4, -0.2) is 54.4 Å². The molecule has 4 rings (SSSR count). The van der Waals surface area contributed by atoms with Crippen molar-refractivity contribution in [2.75, 3.05) is 37.7 Å². The van der Waals surface area contributed by atoms with E-state index in [9.17, 15) is 9.18 Å². The first-order chi connectivity index (χ1) is 14.1. The molecule has 0 aliphatic carbocycles. The van der Waals surface area contributed by atoms with Crippen LogP contribution in [0, 0.1) is 5.82 Å². The van der Waals surface area contributed by atoms with Crippen molar-refractivity contribution in [1.82, 2.24) is 9.91 Å². The fourth-order valence-corrected chi connectivity index (χ4v) is 3.69. The number of piperazine rings is 1. The van der Waals surface area contributed by atoms with Gasteiger partial charge in [-0.2, -0.15) is 5.10 Å². The van der Waals surface area contributed by atoms with Crippen LogP contribution in [0.25, 0.3) is 6.08 Å². The first kappa shape index (κ1) is 19.3. The number of carbonyl (C=O) groups is 1. The number of benzene rings is 2. The standard InChI is InChI=1S/C23H25FN4O/c1-18-20(15-19-5-3-2-4-6-19)16-23(29)28(25-18)17-26-11-13-27(14-12-26)22-9-7-21(24)8-10-22/h2-10,15H,11-14,16-17H2,1H3/b20-15+. The lowest BCUT2D eigenvalue weighted by Crippen LogP contribution is -2.50. The number of rotatable bonds is 4. The van der Waals surface area contributed by atoms with Gasteiger partial charge in [0.2, 0.25) is 5.91 Å². The zero-order chi connectivity index (χ0) is 20.2. The second kappa shape index (κ2) is 8.57. The molecule has 0 aromatic heterocycles. The zero-order valence-corrected chi connectivity index (χ0v) is 16.6. The molecule has 2 aromatic carbocycles. The van der Waals surface area contributed by atoms with Crippen LogP contribution >= 0.6 is 0 Å². The Morgan fingerprint density at radius 1 is 1.00 bits per heavy atom. The molecule has 2 aliphatic rings. The Labute approximate surface area is 170 Å². The molecule has 0 unspecified atom stereocenters. The smallest absolute Gasteiger partial charge is 0.248 e. The van der Waals surface area contributed by atoms with Crippen molar-refractivity contribution in [3.8, 4) is 0 Å². The van der Waals surface area contributed by atoms with Crippen molar-refractivity contribution in [2.24, 2.45) is 5.10 Å². The number of hydrogen-bond donors (Lipinski definition) is 0. The van der Waals surface area contributed by atoms with Crippen molar-refractivity contribution in [3.63, 3.8) is 0 Å². The lowest BCUT2D eigenvalue weighted by atomic mass is 10.0. The SMILES string of the molecule is CC1=NN(CN2CCN(c3ccc(F)cc3)CC2)C(=O)C/C1=C\c1ccccc1. The first-order valence-corrected chi connectivity index (χ1v) is 9.93. The van der Waals surface area contributed by atoms with Gasteiger partial charge >= 0.3 is 0 Å². The fourth-order valence-electron chi connectivity index (χ4n) is 3.69. The minimum atomic E-state index is -0.218. The number of hydrazone groups is 1. The van der Waals surface area contributed by atoms with Gasteiger partial charge in [0.25, 0.3) is 0 Å². The summed E-state index contributed by atoms with van der Waals surface area (Å²) < 4.78 is 13.1. The number of nitrogens with zero attached hydrogens (tertiary/aromatic N) is 4. The van der Waals surface area contributed by atoms with Crippen LogP contribution in [0.5, 0.6) is 0 Å². The summed E-state index contributed by atoms with van der Waals surface area (Å²) in [5.41, 5.74) is 3.97. The third-order valence-corrected chi connectivity index (χ3v) is 5.40. The van der Waals surface area contributed by atoms with E-state index in [1.807, 2.05) is 55.5 Å². The summed E-state index contributed by atoms with van der Waals surface area (Å²) in [6.07, 6.45) is 2.41. The molecule has 150 valence electrons. The summed E-state index contributed by atoms with van der Waals surface area (Å²) in [6.45, 7) is 5.82. The first-order valence-electron chi connectivity index (χ1n) is 9.93. The highest BCUT2D eigenvalue weighted by molar-refractivity contribution is 6.08. The van der Waals surface area contributed by atoms with Gasteiger partial charge in [0, 0.05) is 31.9 Å². The van der Waals surface area contributed by atoms with E-state index >= 15 is 0 Å². The Kier molecular flexibility index (Phi) is 5.71. The molecule has 0 radical (unpaired) electrons. The highest BCUT2D eigenvalue weighted by Crippen LogP contribution is 2.21. The predicted octanol–water partition coefficient (Wildman–Crippen LogP) is 3.60. The number of hydrogen-bond acceptors (Lipinski definition) is 4. The molecule has 0 atom stereocenters. The highest BCUT2D eigenvalue weighted by Gasteiger charge is 2.26. The van der Waals surface area contributed by atoms with Crippen molar-refractivity contribution in [3.05, 3.63) is 71.6 Å². The lowest BCUT2D eigenvalue weighted by Gasteiger charge is -2.38. The molecular weight excluding hydrogens is 367 g/mol. The molecule has 29 heavy (non-hydrogen) atoms. The van der Waals surface area contributed by atoms with E-state index in [4.69, 9.17) is 0 Å². The van der Waals surface area contributed by atoms with E-state index in [-0.39, 0.29) is 11.7 Å². The molecule has 6 heteroatoms. The Morgan fingerprint density at radius 3 is 2.38 bits per heavy atom. The minimum absolute atomic E-state index is 0.0266. The van der Waals surface area contributed by atoms with Gasteiger partial charge < -0.3 is 4.90 Å². The maximum atomic E-state index is 13.1. The minimum Gasteiger partial charge on any atom is -0.369 e. The van der Waals surface area contributed by atoms with E-state index in [2.05, 4.69) is 14.9 Å². The second-order valence-electron chi connectivity index (χ2n) is 7.46. The molecule has 0 spiro atoms. The van der Waals surface area contributed by atoms with Gasteiger partial charge in [-0.25, -0.2) is 9.40 Å². The van der Waals surface area contributed by atoms with E-state index < -0.39 is 0 Å².